The van der Waals surface area contributed by atoms with Crippen molar-refractivity contribution in [2.24, 2.45) is 0 Å². The maximum absolute atomic E-state index is 7.13. The Balaban J connectivity index is 0.799. The number of pyridine rings is 2. The first kappa shape index (κ1) is 50.9. The van der Waals surface area contributed by atoms with Gasteiger partial charge in [0.05, 0.1) is 77.6 Å². The Bertz CT molecular complexity index is 5930. The van der Waals surface area contributed by atoms with Crippen molar-refractivity contribution in [3.63, 3.8) is 0 Å². The summed E-state index contributed by atoms with van der Waals surface area (Å²) in [6.07, 6.45) is 0. The molecule has 10 nitrogen and oxygen atoms in total. The number of rotatable bonds is 6. The molecule has 21 rings (SSSR count). The molecule has 0 amide bonds. The molecule has 21 aromatic rings. The number of nitrogen functional groups attached to an aromatic ring is 2. The van der Waals surface area contributed by atoms with E-state index < -0.39 is 0 Å². The lowest BCUT2D eigenvalue weighted by atomic mass is 10.1. The fourth-order valence-electron chi connectivity index (χ4n) is 16.1. The maximum Gasteiger partial charge on any atom is 0.138 e. The molecule has 0 atom stereocenters. The lowest BCUT2D eigenvalue weighted by Gasteiger charge is -2.15. The summed E-state index contributed by atoms with van der Waals surface area (Å²) in [5, 5.41) is 15.5. The highest BCUT2D eigenvalue weighted by Gasteiger charge is 2.24. The number of fused-ring (bicyclic) bond motifs is 21. The average molecular weight is 1200 g/mol. The molecule has 8 aromatic heterocycles. The third-order valence-corrected chi connectivity index (χ3v) is 20.1. The summed E-state index contributed by atoms with van der Waals surface area (Å²) in [5.74, 6) is 1.46. The number of hydrogen-bond donors (Lipinski definition) is 2. The molecule has 0 bridgehead atoms. The van der Waals surface area contributed by atoms with Gasteiger partial charge in [0.2, 0.25) is 0 Å². The van der Waals surface area contributed by atoms with E-state index in [1.807, 2.05) is 0 Å². The van der Waals surface area contributed by atoms with E-state index >= 15 is 0 Å². The number of hydrogen-bond acceptors (Lipinski definition) is 4. The molecule has 0 saturated carbocycles. The lowest BCUT2D eigenvalue weighted by Crippen LogP contribution is -2.04. The minimum absolute atomic E-state index is 0.469. The van der Waals surface area contributed by atoms with Crippen molar-refractivity contribution in [3.05, 3.63) is 291 Å². The molecule has 0 aliphatic heterocycles. The summed E-state index contributed by atoms with van der Waals surface area (Å²) in [6.45, 7) is 0. The number of nitrogens with zero attached hydrogens (tertiary/aromatic N) is 8. The van der Waals surface area contributed by atoms with Gasteiger partial charge in [0, 0.05) is 98.2 Å². The van der Waals surface area contributed by atoms with Gasteiger partial charge in [-0.2, -0.15) is 0 Å². The third-order valence-electron chi connectivity index (χ3n) is 20.1. The zero-order valence-electron chi connectivity index (χ0n) is 50.4. The molecule has 4 N–H and O–H groups in total. The highest BCUT2D eigenvalue weighted by Crippen LogP contribution is 2.44. The van der Waals surface area contributed by atoms with Crippen molar-refractivity contribution in [1.82, 2.24) is 37.4 Å². The van der Waals surface area contributed by atoms with Gasteiger partial charge < -0.3 is 29.7 Å². The van der Waals surface area contributed by atoms with Crippen LogP contribution in [-0.4, -0.2) is 37.4 Å². The molecule has 0 aliphatic carbocycles. The average Bonchev–Trinajstić information content (AvgIpc) is 1.47. The molecule has 10 heteroatoms. The van der Waals surface area contributed by atoms with E-state index in [0.29, 0.717) is 22.4 Å². The smallest absolute Gasteiger partial charge is 0.138 e. The molecular weight excluding hydrogens is 1150 g/mol. The second kappa shape index (κ2) is 18.8. The zero-order valence-corrected chi connectivity index (χ0v) is 50.4. The van der Waals surface area contributed by atoms with Gasteiger partial charge in [-0.1, -0.05) is 146 Å². The van der Waals surface area contributed by atoms with Crippen molar-refractivity contribution in [2.75, 3.05) is 11.5 Å². The van der Waals surface area contributed by atoms with Crippen LogP contribution in [0.2, 0.25) is 0 Å². The van der Waals surface area contributed by atoms with Crippen molar-refractivity contribution in [1.29, 1.82) is 0 Å². The van der Waals surface area contributed by atoms with Crippen LogP contribution in [-0.2, 0) is 0 Å². The van der Waals surface area contributed by atoms with Crippen molar-refractivity contribution in [3.8, 4) is 34.4 Å². The largest absolute Gasteiger partial charge is 0.396 e. The van der Waals surface area contributed by atoms with E-state index in [-0.39, 0.29) is 0 Å². The first-order valence-electron chi connectivity index (χ1n) is 31.9. The number of anilines is 2. The molecule has 0 aliphatic rings. The van der Waals surface area contributed by atoms with Gasteiger partial charge in [-0.25, -0.2) is 9.97 Å². The van der Waals surface area contributed by atoms with Crippen molar-refractivity contribution < 1.29 is 0 Å². The zero-order chi connectivity index (χ0) is 61.6. The summed E-state index contributed by atoms with van der Waals surface area (Å²) in [6, 6.07) is 105. The number of para-hydroxylation sites is 8. The standard InChI is InChI=1S/C84H52N10/c85-81-61-37-43-79(93-75-39-33-49(89-67-25-9-1-17-53(67)54-18-2-10-26-68(54)89)45-63(75)64-46-50(34-40-76(64)93)90-69-27-11-3-19-55(69)56-20-4-12-28-70(56)90)87-83(61)84-62(82(81)86)38-44-80(88-84)94-77-41-35-51(91-71-29-13-5-21-57(71)58-22-6-14-30-72(58)91)47-65(77)66-48-52(36-42-78(66)94)92-73-31-15-7-23-59(73)60-24-8-16-32-74(60)92/h1-48H,85-86H2. The van der Waals surface area contributed by atoms with Gasteiger partial charge in [0.15, 0.2) is 0 Å². The van der Waals surface area contributed by atoms with Crippen LogP contribution in [0, 0.1) is 0 Å². The van der Waals surface area contributed by atoms with E-state index in [2.05, 4.69) is 319 Å². The van der Waals surface area contributed by atoms with Crippen molar-refractivity contribution in [2.45, 2.75) is 0 Å². The van der Waals surface area contributed by atoms with Gasteiger partial charge >= 0.3 is 0 Å². The van der Waals surface area contributed by atoms with Crippen LogP contribution in [0.15, 0.2) is 291 Å². The van der Waals surface area contributed by atoms with E-state index in [9.17, 15) is 0 Å². The number of aromatic nitrogens is 8. The SMILES string of the molecule is Nc1c(N)c2ccc(-n3c4ccc(-n5c6ccccc6c6ccccc65)cc4c4cc(-n5c6ccccc6c6ccccc65)ccc43)nc2c2nc(-n3c4ccc(-n5c6ccccc6c6ccccc65)cc4c4cc(-n5c6ccccc6c6ccccc65)ccc43)ccc12. The predicted octanol–water partition coefficient (Wildman–Crippen LogP) is 20.5. The van der Waals surface area contributed by atoms with Crippen LogP contribution in [0.5, 0.6) is 0 Å². The second-order valence-corrected chi connectivity index (χ2v) is 24.9. The Morgan fingerprint density at radius 1 is 0.181 bits per heavy atom. The van der Waals surface area contributed by atoms with Gasteiger partial charge in [-0.3, -0.25) is 9.13 Å². The second-order valence-electron chi connectivity index (χ2n) is 24.9. The molecule has 0 fully saturated rings. The van der Waals surface area contributed by atoms with Crippen LogP contribution in [0.1, 0.15) is 0 Å². The molecule has 438 valence electrons. The molecular formula is C84H52N10. The topological polar surface area (TPSA) is 107 Å². The Labute approximate surface area is 535 Å². The fraction of sp³-hybridized carbons (Fsp3) is 0. The molecule has 0 unspecified atom stereocenters. The van der Waals surface area contributed by atoms with Crippen LogP contribution in [0.3, 0.4) is 0 Å². The molecule has 94 heavy (non-hydrogen) atoms. The van der Waals surface area contributed by atoms with Gasteiger partial charge in [0.1, 0.15) is 22.7 Å². The molecule has 13 aromatic carbocycles. The van der Waals surface area contributed by atoms with Gasteiger partial charge in [-0.15, -0.1) is 0 Å². The first-order chi connectivity index (χ1) is 46.5. The normalized spacial score (nSPS) is 12.3. The minimum atomic E-state index is 0.469. The Morgan fingerprint density at radius 2 is 0.383 bits per heavy atom. The monoisotopic (exact) mass is 1200 g/mol. The van der Waals surface area contributed by atoms with E-state index in [1.54, 1.807) is 0 Å². The van der Waals surface area contributed by atoms with Crippen LogP contribution in [0.4, 0.5) is 11.4 Å². The maximum atomic E-state index is 7.13. The quantitative estimate of drug-likeness (QED) is 0.0982. The Hall–Kier alpha value is -12.9. The molecule has 8 heterocycles. The summed E-state index contributed by atoms with van der Waals surface area (Å²) < 4.78 is 14.2. The summed E-state index contributed by atoms with van der Waals surface area (Å²) >= 11 is 0. The fourth-order valence-corrected chi connectivity index (χ4v) is 16.1. The van der Waals surface area contributed by atoms with Gasteiger partial charge in [0.25, 0.3) is 0 Å². The van der Waals surface area contributed by atoms with E-state index in [1.165, 1.54) is 43.1 Å². The van der Waals surface area contributed by atoms with E-state index in [0.717, 1.165) is 133 Å². The van der Waals surface area contributed by atoms with Crippen LogP contribution < -0.4 is 11.5 Å². The summed E-state index contributed by atoms with van der Waals surface area (Å²) in [4.78, 5) is 11.4. The number of benzene rings is 13. The van der Waals surface area contributed by atoms with Crippen LogP contribution in [0.25, 0.3) is 187 Å². The highest BCUT2D eigenvalue weighted by molar-refractivity contribution is 6.19. The summed E-state index contributed by atoms with van der Waals surface area (Å²) in [7, 11) is 0. The number of nitrogens with two attached hydrogens (primary N) is 2. The van der Waals surface area contributed by atoms with Crippen LogP contribution >= 0.6 is 0 Å². The minimum Gasteiger partial charge on any atom is -0.396 e. The third kappa shape index (κ3) is 6.86. The molecule has 0 radical (unpaired) electrons. The molecule has 0 saturated heterocycles. The highest BCUT2D eigenvalue weighted by atomic mass is 15.1. The molecule has 0 spiro atoms. The first-order valence-corrected chi connectivity index (χ1v) is 31.9. The lowest BCUT2D eigenvalue weighted by molar-refractivity contribution is 1.09. The Kier molecular flexibility index (Phi) is 10.2. The van der Waals surface area contributed by atoms with Crippen molar-refractivity contribution >= 4 is 164 Å². The van der Waals surface area contributed by atoms with Gasteiger partial charge in [-0.05, 0) is 146 Å². The predicted molar refractivity (Wildman–Crippen MR) is 392 cm³/mol. The Morgan fingerprint density at radius 3 is 0.606 bits per heavy atom. The summed E-state index contributed by atoms with van der Waals surface area (Å²) in [5.41, 5.74) is 34.1. The van der Waals surface area contributed by atoms with E-state index in [4.69, 9.17) is 21.4 Å².